The minimum Gasteiger partial charge on any atom is -0.496 e. The van der Waals surface area contributed by atoms with E-state index in [9.17, 15) is 14.3 Å². The first kappa shape index (κ1) is 26.1. The SMILES string of the molecule is COc1cc(C(=O)O)cc(Cl)c1-c1cc(F)c(C2c3[nH]c4ccccc4c3CCN2CC(C)(C)F)c(F)c1. The average molecular weight is 543 g/mol. The quantitative estimate of drug-likeness (QED) is 0.271. The highest BCUT2D eigenvalue weighted by atomic mass is 35.5. The Hall–Kier alpha value is -3.49. The van der Waals surface area contributed by atoms with Crippen LogP contribution in [0.15, 0.2) is 48.5 Å². The number of ether oxygens (including phenoxy) is 1. The Morgan fingerprint density at radius 2 is 1.87 bits per heavy atom. The van der Waals surface area contributed by atoms with Crippen molar-refractivity contribution in [1.29, 1.82) is 0 Å². The highest BCUT2D eigenvalue weighted by Gasteiger charge is 2.38. The lowest BCUT2D eigenvalue weighted by molar-refractivity contribution is 0.0696. The summed E-state index contributed by atoms with van der Waals surface area (Å²) >= 11 is 6.35. The van der Waals surface area contributed by atoms with Crippen LogP contribution < -0.4 is 4.74 Å². The van der Waals surface area contributed by atoms with E-state index in [0.29, 0.717) is 18.7 Å². The molecule has 1 atom stereocenters. The average Bonchev–Trinajstić information content (AvgIpc) is 3.21. The van der Waals surface area contributed by atoms with Crippen molar-refractivity contribution >= 4 is 28.5 Å². The third-order valence-corrected chi connectivity index (χ3v) is 7.17. The van der Waals surface area contributed by atoms with Crippen LogP contribution in [-0.2, 0) is 6.42 Å². The fraction of sp³-hybridized carbons (Fsp3) is 0.276. The predicted molar refractivity (Wildman–Crippen MR) is 141 cm³/mol. The molecule has 1 aliphatic rings. The summed E-state index contributed by atoms with van der Waals surface area (Å²) in [7, 11) is 1.32. The van der Waals surface area contributed by atoms with Gasteiger partial charge >= 0.3 is 5.97 Å². The van der Waals surface area contributed by atoms with Crippen LogP contribution in [0.25, 0.3) is 22.0 Å². The molecule has 0 saturated carbocycles. The van der Waals surface area contributed by atoms with Gasteiger partial charge in [0, 0.05) is 40.8 Å². The van der Waals surface area contributed by atoms with Crippen molar-refractivity contribution in [3.05, 3.63) is 87.6 Å². The van der Waals surface area contributed by atoms with Gasteiger partial charge in [0.25, 0.3) is 0 Å². The Balaban J connectivity index is 1.68. The zero-order valence-corrected chi connectivity index (χ0v) is 21.8. The fourth-order valence-electron chi connectivity index (χ4n) is 5.41. The zero-order valence-electron chi connectivity index (χ0n) is 21.0. The summed E-state index contributed by atoms with van der Waals surface area (Å²) in [6, 6.07) is 11.5. The molecule has 4 aromatic rings. The Morgan fingerprint density at radius 1 is 1.18 bits per heavy atom. The molecule has 2 heterocycles. The molecule has 0 aliphatic carbocycles. The van der Waals surface area contributed by atoms with Gasteiger partial charge in [-0.25, -0.2) is 18.0 Å². The normalized spacial score (nSPS) is 16.0. The molecule has 1 unspecified atom stereocenters. The molecule has 38 heavy (non-hydrogen) atoms. The summed E-state index contributed by atoms with van der Waals surface area (Å²) < 4.78 is 52.1. The number of fused-ring (bicyclic) bond motifs is 3. The summed E-state index contributed by atoms with van der Waals surface area (Å²) in [6.45, 7) is 3.28. The Labute approximate surface area is 222 Å². The van der Waals surface area contributed by atoms with Gasteiger partial charge in [-0.3, -0.25) is 4.90 Å². The van der Waals surface area contributed by atoms with Crippen LogP contribution in [0.4, 0.5) is 13.2 Å². The Morgan fingerprint density at radius 3 is 2.50 bits per heavy atom. The number of nitrogens with zero attached hydrogens (tertiary/aromatic N) is 1. The summed E-state index contributed by atoms with van der Waals surface area (Å²) in [5.41, 5.74) is 0.767. The number of aromatic nitrogens is 1. The van der Waals surface area contributed by atoms with Gasteiger partial charge in [-0.15, -0.1) is 0 Å². The van der Waals surface area contributed by atoms with E-state index in [4.69, 9.17) is 16.3 Å². The van der Waals surface area contributed by atoms with E-state index in [1.807, 2.05) is 24.3 Å². The molecule has 2 N–H and O–H groups in total. The van der Waals surface area contributed by atoms with Crippen LogP contribution in [0.1, 0.15) is 47.1 Å². The number of alkyl halides is 1. The molecule has 1 aliphatic heterocycles. The van der Waals surface area contributed by atoms with Crippen LogP contribution in [0, 0.1) is 11.6 Å². The zero-order chi connectivity index (χ0) is 27.4. The number of aromatic amines is 1. The summed E-state index contributed by atoms with van der Waals surface area (Å²) in [4.78, 5) is 16.5. The largest absolute Gasteiger partial charge is 0.496 e. The summed E-state index contributed by atoms with van der Waals surface area (Å²) in [5, 5.41) is 10.3. The molecule has 0 amide bonds. The van der Waals surface area contributed by atoms with Crippen LogP contribution in [-0.4, -0.2) is 46.8 Å². The monoisotopic (exact) mass is 542 g/mol. The van der Waals surface area contributed by atoms with E-state index in [1.54, 1.807) is 4.90 Å². The van der Waals surface area contributed by atoms with Gasteiger partial charge in [-0.2, -0.15) is 0 Å². The first-order valence-corrected chi connectivity index (χ1v) is 12.5. The molecule has 0 spiro atoms. The molecule has 198 valence electrons. The molecule has 3 aromatic carbocycles. The van der Waals surface area contributed by atoms with Gasteiger partial charge in [-0.05, 0) is 61.7 Å². The summed E-state index contributed by atoms with van der Waals surface area (Å²) in [6.07, 6.45) is 0.607. The molecular formula is C29H26ClF3N2O3. The number of carbonyl (C=O) groups is 1. The molecule has 5 rings (SSSR count). The maximum absolute atomic E-state index is 16.0. The van der Waals surface area contributed by atoms with Gasteiger partial charge < -0.3 is 14.8 Å². The number of halogens is 4. The maximum Gasteiger partial charge on any atom is 0.335 e. The minimum absolute atomic E-state index is 0.0234. The van der Waals surface area contributed by atoms with Crippen molar-refractivity contribution in [2.24, 2.45) is 0 Å². The lowest BCUT2D eigenvalue weighted by Gasteiger charge is -2.38. The van der Waals surface area contributed by atoms with Gasteiger partial charge in [0.1, 0.15) is 23.1 Å². The van der Waals surface area contributed by atoms with E-state index in [0.717, 1.165) is 28.6 Å². The summed E-state index contributed by atoms with van der Waals surface area (Å²) in [5.74, 6) is -2.82. The number of carboxylic acid groups (broad SMARTS) is 1. The minimum atomic E-state index is -1.60. The number of benzene rings is 3. The van der Waals surface area contributed by atoms with E-state index in [2.05, 4.69) is 4.98 Å². The third kappa shape index (κ3) is 4.63. The molecule has 0 saturated heterocycles. The number of rotatable bonds is 6. The fourth-order valence-corrected chi connectivity index (χ4v) is 5.73. The number of carboxylic acids is 1. The number of hydrogen-bond donors (Lipinski definition) is 2. The van der Waals surface area contributed by atoms with Crippen LogP contribution in [0.3, 0.4) is 0 Å². The second kappa shape index (κ2) is 9.67. The molecule has 1 aromatic heterocycles. The Kier molecular flexibility index (Phi) is 6.65. The lowest BCUT2D eigenvalue weighted by atomic mass is 9.89. The second-order valence-corrected chi connectivity index (χ2v) is 10.5. The third-order valence-electron chi connectivity index (χ3n) is 6.88. The number of para-hydroxylation sites is 1. The molecule has 0 radical (unpaired) electrons. The van der Waals surface area contributed by atoms with Crippen LogP contribution in [0.5, 0.6) is 5.75 Å². The van der Waals surface area contributed by atoms with Crippen molar-refractivity contribution in [3.8, 4) is 16.9 Å². The second-order valence-electron chi connectivity index (χ2n) is 10.1. The first-order chi connectivity index (χ1) is 18.0. The molecular weight excluding hydrogens is 517 g/mol. The number of hydrogen-bond acceptors (Lipinski definition) is 3. The number of H-pyrrole nitrogens is 1. The standard InChI is InChI=1S/C29H26ClF3N2O3/c1-29(2,33)14-35-9-8-18-17-6-4-5-7-22(17)34-26(18)27(35)25-20(31)11-15(12-21(25)32)24-19(30)10-16(28(36)37)13-23(24)38-3/h4-7,10-13,27,34H,8-9,14H2,1-3H3,(H,36,37). The molecule has 0 bridgehead atoms. The number of aromatic carboxylic acids is 1. The van der Waals surface area contributed by atoms with Crippen molar-refractivity contribution < 1.29 is 27.8 Å². The van der Waals surface area contributed by atoms with Crippen molar-refractivity contribution in [1.82, 2.24) is 9.88 Å². The molecule has 9 heteroatoms. The van der Waals surface area contributed by atoms with E-state index in [-0.39, 0.29) is 39.6 Å². The first-order valence-electron chi connectivity index (χ1n) is 12.1. The topological polar surface area (TPSA) is 65.6 Å². The number of nitrogens with one attached hydrogen (secondary N) is 1. The smallest absolute Gasteiger partial charge is 0.335 e. The highest BCUT2D eigenvalue weighted by molar-refractivity contribution is 6.34. The van der Waals surface area contributed by atoms with Gasteiger partial charge in [-0.1, -0.05) is 29.8 Å². The van der Waals surface area contributed by atoms with Gasteiger partial charge in [0.05, 0.1) is 23.7 Å². The maximum atomic E-state index is 16.0. The van der Waals surface area contributed by atoms with Crippen molar-refractivity contribution in [2.45, 2.75) is 32.0 Å². The van der Waals surface area contributed by atoms with E-state index < -0.39 is 29.3 Å². The van der Waals surface area contributed by atoms with Crippen molar-refractivity contribution in [2.75, 3.05) is 20.2 Å². The van der Waals surface area contributed by atoms with Gasteiger partial charge in [0.15, 0.2) is 0 Å². The molecule has 0 fully saturated rings. The van der Waals surface area contributed by atoms with E-state index in [1.165, 1.54) is 33.1 Å². The van der Waals surface area contributed by atoms with Crippen molar-refractivity contribution in [3.63, 3.8) is 0 Å². The van der Waals surface area contributed by atoms with Gasteiger partial charge in [0.2, 0.25) is 0 Å². The lowest BCUT2D eigenvalue weighted by Crippen LogP contribution is -2.43. The van der Waals surface area contributed by atoms with E-state index >= 15 is 8.78 Å². The van der Waals surface area contributed by atoms with Crippen LogP contribution in [0.2, 0.25) is 5.02 Å². The number of methoxy groups -OCH3 is 1. The Bertz CT molecular complexity index is 1540. The van der Waals surface area contributed by atoms with Crippen LogP contribution >= 0.6 is 11.6 Å². The molecule has 5 nitrogen and oxygen atoms in total. The highest BCUT2D eigenvalue weighted by Crippen LogP contribution is 2.44. The predicted octanol–water partition coefficient (Wildman–Crippen LogP) is 7.17.